The van der Waals surface area contributed by atoms with E-state index in [0.29, 0.717) is 32.2 Å². The summed E-state index contributed by atoms with van der Waals surface area (Å²) in [6.45, 7) is 6.87. The maximum Gasteiger partial charge on any atom is 0.214 e. The highest BCUT2D eigenvalue weighted by atomic mass is 32.2. The summed E-state index contributed by atoms with van der Waals surface area (Å²) < 4.78 is 50.1. The summed E-state index contributed by atoms with van der Waals surface area (Å²) in [7, 11) is -3.37. The van der Waals surface area contributed by atoms with Gasteiger partial charge in [-0.25, -0.2) is 21.8 Å². The van der Waals surface area contributed by atoms with Gasteiger partial charge in [0.25, 0.3) is 0 Å². The molecule has 1 saturated carbocycles. The van der Waals surface area contributed by atoms with Gasteiger partial charge in [0, 0.05) is 37.1 Å². The first-order valence-corrected chi connectivity index (χ1v) is 16.0. The lowest BCUT2D eigenvalue weighted by molar-refractivity contribution is 0.0720. The fourth-order valence-electron chi connectivity index (χ4n) is 8.05. The molecule has 0 amide bonds. The molecule has 8 heteroatoms. The minimum Gasteiger partial charge on any atom is -0.381 e. The van der Waals surface area contributed by atoms with Crippen LogP contribution in [-0.2, 0) is 20.2 Å². The van der Waals surface area contributed by atoms with Crippen LogP contribution in [0, 0.1) is 35.9 Å². The molecule has 6 nitrogen and oxygen atoms in total. The minimum absolute atomic E-state index is 0.0182. The molecular formula is C32H36FN3O3S. The molecule has 40 heavy (non-hydrogen) atoms. The van der Waals surface area contributed by atoms with Gasteiger partial charge in [-0.2, -0.15) is 5.10 Å². The van der Waals surface area contributed by atoms with E-state index in [1.165, 1.54) is 17.7 Å². The number of allylic oxidation sites excluding steroid dienone is 4. The van der Waals surface area contributed by atoms with Crippen LogP contribution in [0.25, 0.3) is 16.6 Å². The second-order valence-electron chi connectivity index (χ2n) is 12.5. The van der Waals surface area contributed by atoms with Gasteiger partial charge in [0.15, 0.2) is 0 Å². The maximum atomic E-state index is 13.7. The Balaban J connectivity index is 1.27. The molecule has 3 fully saturated rings. The van der Waals surface area contributed by atoms with Crippen molar-refractivity contribution in [3.8, 4) is 5.69 Å². The average Bonchev–Trinajstić information content (AvgIpc) is 3.19. The fraction of sp³-hybridized carbons (Fsp3) is 0.469. The normalized spacial score (nSPS) is 30.7. The summed E-state index contributed by atoms with van der Waals surface area (Å²) in [5, 5.41) is 5.65. The Morgan fingerprint density at radius 3 is 2.62 bits per heavy atom. The Labute approximate surface area is 235 Å². The number of rotatable bonds is 6. The molecule has 2 saturated heterocycles. The van der Waals surface area contributed by atoms with Gasteiger partial charge in [0.1, 0.15) is 5.82 Å². The lowest BCUT2D eigenvalue weighted by Gasteiger charge is -2.34. The molecular weight excluding hydrogens is 525 g/mol. The van der Waals surface area contributed by atoms with Crippen LogP contribution in [0.2, 0.25) is 0 Å². The summed E-state index contributed by atoms with van der Waals surface area (Å²) in [6, 6.07) is 10.8. The number of hydrogen-bond donors (Lipinski definition) is 0. The quantitative estimate of drug-likeness (QED) is 0.396. The monoisotopic (exact) mass is 561 g/mol. The maximum absolute atomic E-state index is 13.7. The topological polar surface area (TPSA) is 64.4 Å². The van der Waals surface area contributed by atoms with Gasteiger partial charge in [-0.3, -0.25) is 0 Å². The second-order valence-corrected chi connectivity index (χ2v) is 14.5. The SMILES string of the molecule is Cc1cc2c(cnn2-c2ccc(F)cc2)cc1[C@]12CN(S(=O)(=O)CC3CCOCC3)C[C@H]1[C@@H]2[C@@]1(C)C=CC=CC1. The standard InChI is InChI=1S/C32H36FN3O3S/c1-22-16-29-24(18-34-36(29)26-8-6-25(33)7-9-26)17-27(22)32-21-35(40(37,38)20-23-10-14-39-15-11-23)19-28(32)30(32)31(2)12-4-3-5-13-31/h3-9,12,16-18,23,28,30H,10-11,13-15,19-21H2,1-2H3/t28-,30+,31-,32+/m0/s1. The van der Waals surface area contributed by atoms with Gasteiger partial charge < -0.3 is 4.74 Å². The van der Waals surface area contributed by atoms with E-state index in [2.05, 4.69) is 55.4 Å². The molecule has 2 aliphatic heterocycles. The Kier molecular flexibility index (Phi) is 6.11. The first-order chi connectivity index (χ1) is 19.2. The van der Waals surface area contributed by atoms with Gasteiger partial charge in [-0.1, -0.05) is 31.2 Å². The number of piperidine rings is 1. The van der Waals surface area contributed by atoms with Crippen LogP contribution >= 0.6 is 0 Å². The highest BCUT2D eigenvalue weighted by molar-refractivity contribution is 7.89. The molecule has 3 aromatic rings. The second kappa shape index (κ2) is 9.36. The molecule has 0 unspecified atom stereocenters. The van der Waals surface area contributed by atoms with Crippen LogP contribution in [0.1, 0.15) is 37.3 Å². The molecule has 4 atom stereocenters. The van der Waals surface area contributed by atoms with E-state index in [1.54, 1.807) is 16.4 Å². The number of aromatic nitrogens is 2. The Morgan fingerprint density at radius 1 is 1.12 bits per heavy atom. The number of halogens is 1. The largest absolute Gasteiger partial charge is 0.381 e. The van der Waals surface area contributed by atoms with E-state index in [-0.39, 0.29) is 34.2 Å². The lowest BCUT2D eigenvalue weighted by atomic mass is 9.73. The van der Waals surface area contributed by atoms with Crippen molar-refractivity contribution in [3.05, 3.63) is 83.8 Å². The van der Waals surface area contributed by atoms with Crippen LogP contribution in [0.3, 0.4) is 0 Å². The van der Waals surface area contributed by atoms with Crippen LogP contribution in [-0.4, -0.2) is 54.6 Å². The van der Waals surface area contributed by atoms with Crippen molar-refractivity contribution in [2.45, 2.75) is 38.5 Å². The Bertz CT molecular complexity index is 1620. The van der Waals surface area contributed by atoms with Crippen LogP contribution in [0.4, 0.5) is 4.39 Å². The first kappa shape index (κ1) is 26.1. The molecule has 210 valence electrons. The summed E-state index contributed by atoms with van der Waals surface area (Å²) >= 11 is 0. The number of sulfonamides is 1. The van der Waals surface area contributed by atoms with E-state index in [1.807, 2.05) is 10.9 Å². The summed E-state index contributed by atoms with van der Waals surface area (Å²) in [5.74, 6) is 0.732. The average molecular weight is 562 g/mol. The fourth-order valence-corrected chi connectivity index (χ4v) is 9.99. The van der Waals surface area contributed by atoms with Gasteiger partial charge >= 0.3 is 0 Å². The summed E-state index contributed by atoms with van der Waals surface area (Å²) in [6.07, 6.45) is 13.3. The lowest BCUT2D eigenvalue weighted by Crippen LogP contribution is -2.40. The summed E-state index contributed by atoms with van der Waals surface area (Å²) in [4.78, 5) is 0. The predicted molar refractivity (Wildman–Crippen MR) is 154 cm³/mol. The number of nitrogens with zero attached hydrogens (tertiary/aromatic N) is 3. The number of ether oxygens (including phenoxy) is 1. The van der Waals surface area contributed by atoms with Crippen molar-refractivity contribution in [2.75, 3.05) is 32.1 Å². The van der Waals surface area contributed by atoms with E-state index in [4.69, 9.17) is 4.74 Å². The summed E-state index contributed by atoms with van der Waals surface area (Å²) in [5.41, 5.74) is 3.90. The Hall–Kier alpha value is -2.81. The van der Waals surface area contributed by atoms with E-state index in [9.17, 15) is 12.8 Å². The molecule has 2 aromatic carbocycles. The van der Waals surface area contributed by atoms with Gasteiger partial charge in [0.2, 0.25) is 10.0 Å². The Morgan fingerprint density at radius 2 is 1.90 bits per heavy atom. The van der Waals surface area contributed by atoms with Crippen molar-refractivity contribution < 1.29 is 17.5 Å². The third kappa shape index (κ3) is 4.10. The molecule has 7 rings (SSSR count). The molecule has 0 bridgehead atoms. The minimum atomic E-state index is -3.37. The van der Waals surface area contributed by atoms with Gasteiger partial charge in [-0.15, -0.1) is 0 Å². The molecule has 0 spiro atoms. The molecule has 0 N–H and O–H groups in total. The zero-order valence-electron chi connectivity index (χ0n) is 23.1. The predicted octanol–water partition coefficient (Wildman–Crippen LogP) is 5.55. The smallest absolute Gasteiger partial charge is 0.214 e. The highest BCUT2D eigenvalue weighted by Gasteiger charge is 2.74. The van der Waals surface area contributed by atoms with E-state index >= 15 is 0 Å². The zero-order chi connectivity index (χ0) is 27.7. The first-order valence-electron chi connectivity index (χ1n) is 14.4. The van der Waals surface area contributed by atoms with Crippen molar-refractivity contribution >= 4 is 20.9 Å². The number of benzene rings is 2. The van der Waals surface area contributed by atoms with Gasteiger partial charge in [-0.05, 0) is 96.9 Å². The van der Waals surface area contributed by atoms with Crippen LogP contribution in [0.15, 0.2) is 66.9 Å². The number of hydrogen-bond acceptors (Lipinski definition) is 4. The third-order valence-corrected chi connectivity index (χ3v) is 12.0. The molecule has 4 aliphatic rings. The van der Waals surface area contributed by atoms with Gasteiger partial charge in [0.05, 0.1) is 23.2 Å². The molecule has 1 aromatic heterocycles. The van der Waals surface area contributed by atoms with Crippen molar-refractivity contribution in [2.24, 2.45) is 23.2 Å². The third-order valence-electron chi connectivity index (χ3n) is 10.0. The van der Waals surface area contributed by atoms with E-state index in [0.717, 1.165) is 41.4 Å². The highest BCUT2D eigenvalue weighted by Crippen LogP contribution is 2.72. The molecule has 0 radical (unpaired) electrons. The number of aryl methyl sites for hydroxylation is 1. The van der Waals surface area contributed by atoms with Crippen molar-refractivity contribution in [1.82, 2.24) is 14.1 Å². The van der Waals surface area contributed by atoms with E-state index < -0.39 is 10.0 Å². The number of fused-ring (bicyclic) bond motifs is 2. The molecule has 3 heterocycles. The molecule has 2 aliphatic carbocycles. The van der Waals surface area contributed by atoms with Crippen molar-refractivity contribution in [3.63, 3.8) is 0 Å². The van der Waals surface area contributed by atoms with Crippen molar-refractivity contribution in [1.29, 1.82) is 0 Å². The van der Waals surface area contributed by atoms with Crippen LogP contribution in [0.5, 0.6) is 0 Å². The zero-order valence-corrected chi connectivity index (χ0v) is 23.9. The van der Waals surface area contributed by atoms with Crippen LogP contribution < -0.4 is 0 Å².